The van der Waals surface area contributed by atoms with Crippen molar-refractivity contribution in [2.24, 2.45) is 5.73 Å². The summed E-state index contributed by atoms with van der Waals surface area (Å²) in [7, 11) is 0. The maximum absolute atomic E-state index is 11.8. The van der Waals surface area contributed by atoms with Gasteiger partial charge in [-0.2, -0.15) is 0 Å². The minimum absolute atomic E-state index is 0.468. The number of hydrogen-bond acceptors (Lipinski definition) is 6. The van der Waals surface area contributed by atoms with Crippen molar-refractivity contribution in [1.29, 1.82) is 0 Å². The van der Waals surface area contributed by atoms with E-state index in [2.05, 4.69) is 9.97 Å². The summed E-state index contributed by atoms with van der Waals surface area (Å²) in [5.74, 6) is 0.672. The van der Waals surface area contributed by atoms with E-state index in [0.29, 0.717) is 16.6 Å². The second kappa shape index (κ2) is 5.98. The SMILES string of the molecule is Cc1csc(N2C=CC(Oc3cccnc3)=CC2C(N)=O)n1. The first-order valence-corrected chi connectivity index (χ1v) is 7.49. The first-order valence-electron chi connectivity index (χ1n) is 6.61. The highest BCUT2D eigenvalue weighted by atomic mass is 32.1. The molecule has 0 saturated carbocycles. The summed E-state index contributed by atoms with van der Waals surface area (Å²) in [5, 5.41) is 2.64. The molecule has 0 aromatic carbocycles. The zero-order valence-electron chi connectivity index (χ0n) is 11.8. The number of nitrogens with zero attached hydrogens (tertiary/aromatic N) is 3. The Bertz CT molecular complexity index is 739. The third kappa shape index (κ3) is 2.99. The number of carbonyl (C=O) groups is 1. The number of hydrogen-bond donors (Lipinski definition) is 1. The van der Waals surface area contributed by atoms with E-state index in [1.54, 1.807) is 47.8 Å². The van der Waals surface area contributed by atoms with E-state index in [0.717, 1.165) is 5.69 Å². The minimum atomic E-state index is -0.637. The molecule has 3 heterocycles. The van der Waals surface area contributed by atoms with Crippen LogP contribution < -0.4 is 15.4 Å². The molecule has 1 atom stereocenters. The van der Waals surface area contributed by atoms with Gasteiger partial charge in [0.05, 0.1) is 11.9 Å². The highest BCUT2D eigenvalue weighted by molar-refractivity contribution is 7.13. The van der Waals surface area contributed by atoms with Crippen LogP contribution >= 0.6 is 11.3 Å². The van der Waals surface area contributed by atoms with E-state index < -0.39 is 11.9 Å². The summed E-state index contributed by atoms with van der Waals surface area (Å²) in [6.07, 6.45) is 8.45. The van der Waals surface area contributed by atoms with Crippen molar-refractivity contribution < 1.29 is 9.53 Å². The molecule has 2 N–H and O–H groups in total. The average molecular weight is 314 g/mol. The maximum atomic E-state index is 11.8. The fraction of sp³-hybridized carbons (Fsp3) is 0.133. The highest BCUT2D eigenvalue weighted by Gasteiger charge is 2.26. The molecule has 6 nitrogen and oxygen atoms in total. The van der Waals surface area contributed by atoms with Gasteiger partial charge in [0.1, 0.15) is 17.6 Å². The molecule has 112 valence electrons. The predicted molar refractivity (Wildman–Crippen MR) is 84.4 cm³/mol. The van der Waals surface area contributed by atoms with E-state index in [1.807, 2.05) is 12.3 Å². The van der Waals surface area contributed by atoms with Gasteiger partial charge in [-0.3, -0.25) is 9.78 Å². The fourth-order valence-corrected chi connectivity index (χ4v) is 2.83. The van der Waals surface area contributed by atoms with Gasteiger partial charge in [-0.1, -0.05) is 0 Å². The van der Waals surface area contributed by atoms with Crippen molar-refractivity contribution in [2.45, 2.75) is 13.0 Å². The summed E-state index contributed by atoms with van der Waals surface area (Å²) in [4.78, 5) is 21.9. The maximum Gasteiger partial charge on any atom is 0.244 e. The second-order valence-corrected chi connectivity index (χ2v) is 5.54. The number of allylic oxidation sites excluding steroid dienone is 1. The van der Waals surface area contributed by atoms with Crippen LogP contribution in [0.4, 0.5) is 5.13 Å². The highest BCUT2D eigenvalue weighted by Crippen LogP contribution is 2.27. The summed E-state index contributed by atoms with van der Waals surface area (Å²) in [6, 6.07) is 2.93. The van der Waals surface area contributed by atoms with Crippen LogP contribution in [0.15, 0.2) is 54.0 Å². The van der Waals surface area contributed by atoms with E-state index in [4.69, 9.17) is 10.5 Å². The lowest BCUT2D eigenvalue weighted by Gasteiger charge is -2.27. The van der Waals surface area contributed by atoms with Crippen LogP contribution in [0.3, 0.4) is 0 Å². The van der Waals surface area contributed by atoms with Gasteiger partial charge in [-0.05, 0) is 31.2 Å². The van der Waals surface area contributed by atoms with Crippen molar-refractivity contribution in [3.05, 3.63) is 59.7 Å². The molecule has 1 unspecified atom stereocenters. The van der Waals surface area contributed by atoms with E-state index in [1.165, 1.54) is 11.3 Å². The van der Waals surface area contributed by atoms with Gasteiger partial charge in [0.15, 0.2) is 5.13 Å². The van der Waals surface area contributed by atoms with Crippen LogP contribution in [0.5, 0.6) is 5.75 Å². The molecule has 0 fully saturated rings. The van der Waals surface area contributed by atoms with Crippen LogP contribution in [0.2, 0.25) is 0 Å². The Morgan fingerprint density at radius 1 is 1.50 bits per heavy atom. The fourth-order valence-electron chi connectivity index (χ4n) is 2.01. The van der Waals surface area contributed by atoms with Gasteiger partial charge in [-0.25, -0.2) is 4.98 Å². The number of aromatic nitrogens is 2. The molecule has 1 aliphatic heterocycles. The molecular weight excluding hydrogens is 300 g/mol. The molecule has 0 aliphatic carbocycles. The van der Waals surface area contributed by atoms with E-state index >= 15 is 0 Å². The lowest BCUT2D eigenvalue weighted by molar-refractivity contribution is -0.118. The van der Waals surface area contributed by atoms with Crippen molar-refractivity contribution in [3.63, 3.8) is 0 Å². The summed E-state index contributed by atoms with van der Waals surface area (Å²) in [5.41, 5.74) is 6.41. The second-order valence-electron chi connectivity index (χ2n) is 4.70. The molecule has 0 radical (unpaired) electrons. The molecule has 22 heavy (non-hydrogen) atoms. The molecule has 1 aliphatic rings. The largest absolute Gasteiger partial charge is 0.456 e. The average Bonchev–Trinajstić information content (AvgIpc) is 2.94. The normalized spacial score (nSPS) is 17.2. The molecule has 2 aromatic rings. The number of anilines is 1. The Kier molecular flexibility index (Phi) is 3.88. The van der Waals surface area contributed by atoms with E-state index in [9.17, 15) is 4.79 Å². The quantitative estimate of drug-likeness (QED) is 0.933. The van der Waals surface area contributed by atoms with Gasteiger partial charge >= 0.3 is 0 Å². The van der Waals surface area contributed by atoms with Crippen LogP contribution in [0.1, 0.15) is 5.69 Å². The first-order chi connectivity index (χ1) is 10.6. The van der Waals surface area contributed by atoms with Gasteiger partial charge in [0.2, 0.25) is 5.91 Å². The minimum Gasteiger partial charge on any atom is -0.456 e. The van der Waals surface area contributed by atoms with Crippen molar-refractivity contribution in [3.8, 4) is 5.75 Å². The standard InChI is InChI=1S/C15H14N4O2S/c1-10-9-22-15(18-10)19-6-4-11(7-13(19)14(16)20)21-12-3-2-5-17-8-12/h2-9,13H,1H3,(H2,16,20). The summed E-state index contributed by atoms with van der Waals surface area (Å²) >= 11 is 1.46. The number of ether oxygens (including phenoxy) is 1. The molecule has 0 saturated heterocycles. The topological polar surface area (TPSA) is 81.3 Å². The molecule has 0 bridgehead atoms. The van der Waals surface area contributed by atoms with E-state index in [-0.39, 0.29) is 0 Å². The Labute approximate surface area is 131 Å². The number of pyridine rings is 1. The molecular formula is C15H14N4O2S. The number of thiazole rings is 1. The lowest BCUT2D eigenvalue weighted by atomic mass is 10.1. The molecule has 3 rings (SSSR count). The number of amides is 1. The Morgan fingerprint density at radius 2 is 2.36 bits per heavy atom. The van der Waals surface area contributed by atoms with Crippen LogP contribution in [-0.4, -0.2) is 21.9 Å². The first kappa shape index (κ1) is 14.3. The van der Waals surface area contributed by atoms with Gasteiger partial charge in [0, 0.05) is 17.8 Å². The predicted octanol–water partition coefficient (Wildman–Crippen LogP) is 2.00. The van der Waals surface area contributed by atoms with Crippen molar-refractivity contribution >= 4 is 22.4 Å². The smallest absolute Gasteiger partial charge is 0.244 e. The number of primary amides is 1. The Balaban J connectivity index is 1.84. The van der Waals surface area contributed by atoms with Crippen molar-refractivity contribution in [1.82, 2.24) is 9.97 Å². The van der Waals surface area contributed by atoms with Gasteiger partial charge < -0.3 is 15.4 Å². The van der Waals surface area contributed by atoms with Crippen LogP contribution in [0.25, 0.3) is 0 Å². The summed E-state index contributed by atoms with van der Waals surface area (Å²) < 4.78 is 5.69. The molecule has 0 spiro atoms. The number of carbonyl (C=O) groups excluding carboxylic acids is 1. The monoisotopic (exact) mass is 314 g/mol. The molecule has 7 heteroatoms. The third-order valence-corrected chi connectivity index (χ3v) is 3.98. The van der Waals surface area contributed by atoms with Crippen LogP contribution in [-0.2, 0) is 4.79 Å². The third-order valence-electron chi connectivity index (χ3n) is 3.01. The van der Waals surface area contributed by atoms with Gasteiger partial charge in [-0.15, -0.1) is 11.3 Å². The lowest BCUT2D eigenvalue weighted by Crippen LogP contribution is -2.42. The molecule has 1 amide bonds. The zero-order valence-corrected chi connectivity index (χ0v) is 12.7. The molecule has 2 aromatic heterocycles. The number of rotatable bonds is 4. The van der Waals surface area contributed by atoms with Gasteiger partial charge in [0.25, 0.3) is 0 Å². The summed E-state index contributed by atoms with van der Waals surface area (Å²) in [6.45, 7) is 1.90. The zero-order chi connectivity index (χ0) is 15.5. The van der Waals surface area contributed by atoms with Crippen molar-refractivity contribution in [2.75, 3.05) is 4.90 Å². The van der Waals surface area contributed by atoms with Crippen LogP contribution in [0, 0.1) is 6.92 Å². The Morgan fingerprint density at radius 3 is 3.00 bits per heavy atom. The number of nitrogens with two attached hydrogens (primary N) is 1. The number of aryl methyl sites for hydroxylation is 1. The Hall–Kier alpha value is -2.67.